The minimum absolute atomic E-state index is 0.653. The van der Waals surface area contributed by atoms with Crippen LogP contribution in [0.2, 0.25) is 0 Å². The van der Waals surface area contributed by atoms with E-state index in [1.807, 2.05) is 0 Å². The van der Waals surface area contributed by atoms with Crippen molar-refractivity contribution in [3.05, 3.63) is 16.0 Å². The number of methoxy groups -OCH3 is 1. The first-order valence-electron chi connectivity index (χ1n) is 6.51. The molecular formula is C13H22BrN3O. The van der Waals surface area contributed by atoms with Gasteiger partial charge in [0.2, 0.25) is 0 Å². The van der Waals surface area contributed by atoms with E-state index in [0.29, 0.717) is 6.61 Å². The summed E-state index contributed by atoms with van der Waals surface area (Å²) in [5.41, 5.74) is 1.08. The zero-order valence-corrected chi connectivity index (χ0v) is 13.0. The van der Waals surface area contributed by atoms with Crippen molar-refractivity contribution >= 4 is 21.7 Å². The molecule has 0 radical (unpaired) electrons. The van der Waals surface area contributed by atoms with Crippen molar-refractivity contribution in [2.45, 2.75) is 39.5 Å². The molecule has 0 saturated heterocycles. The molecule has 0 aliphatic carbocycles. The van der Waals surface area contributed by atoms with Gasteiger partial charge in [-0.15, -0.1) is 0 Å². The smallest absolute Gasteiger partial charge is 0.144 e. The Kier molecular flexibility index (Phi) is 7.20. The summed E-state index contributed by atoms with van der Waals surface area (Å²) < 4.78 is 6.08. The van der Waals surface area contributed by atoms with Crippen LogP contribution >= 0.6 is 15.9 Å². The summed E-state index contributed by atoms with van der Waals surface area (Å²) in [6.45, 7) is 5.87. The number of hydrogen-bond acceptors (Lipinski definition) is 4. The van der Waals surface area contributed by atoms with Gasteiger partial charge in [0.15, 0.2) is 0 Å². The molecule has 1 aromatic rings. The predicted octanol–water partition coefficient (Wildman–Crippen LogP) is 3.20. The van der Waals surface area contributed by atoms with Gasteiger partial charge in [0.1, 0.15) is 11.6 Å². The van der Waals surface area contributed by atoms with Crippen LogP contribution in [-0.2, 0) is 17.6 Å². The van der Waals surface area contributed by atoms with Crippen LogP contribution in [0.4, 0.5) is 5.82 Å². The molecule has 0 bridgehead atoms. The van der Waals surface area contributed by atoms with Crippen LogP contribution in [0.15, 0.2) is 4.47 Å². The lowest BCUT2D eigenvalue weighted by Crippen LogP contribution is -2.10. The van der Waals surface area contributed by atoms with Crippen LogP contribution in [0.1, 0.15) is 38.2 Å². The van der Waals surface area contributed by atoms with Crippen LogP contribution in [0.25, 0.3) is 0 Å². The van der Waals surface area contributed by atoms with E-state index >= 15 is 0 Å². The highest BCUT2D eigenvalue weighted by Gasteiger charge is 2.11. The number of nitrogens with zero attached hydrogens (tertiary/aromatic N) is 2. The van der Waals surface area contributed by atoms with Crippen LogP contribution in [0.3, 0.4) is 0 Å². The van der Waals surface area contributed by atoms with Gasteiger partial charge < -0.3 is 10.1 Å². The Morgan fingerprint density at radius 3 is 2.56 bits per heavy atom. The third-order valence-corrected chi connectivity index (χ3v) is 3.36. The molecule has 1 N–H and O–H groups in total. The molecule has 1 rings (SSSR count). The molecule has 5 heteroatoms. The van der Waals surface area contributed by atoms with E-state index in [1.165, 1.54) is 0 Å². The molecule has 0 spiro atoms. The SMILES string of the molecule is CCCNc1nc(CCOC)nc(CCC)c1Br. The van der Waals surface area contributed by atoms with Crippen LogP contribution in [-0.4, -0.2) is 30.2 Å². The van der Waals surface area contributed by atoms with E-state index in [0.717, 1.165) is 54.0 Å². The number of hydrogen-bond donors (Lipinski definition) is 1. The van der Waals surface area contributed by atoms with E-state index in [9.17, 15) is 0 Å². The van der Waals surface area contributed by atoms with Gasteiger partial charge in [-0.2, -0.15) is 0 Å². The maximum absolute atomic E-state index is 5.08. The molecule has 4 nitrogen and oxygen atoms in total. The predicted molar refractivity (Wildman–Crippen MR) is 78.1 cm³/mol. The highest BCUT2D eigenvalue weighted by atomic mass is 79.9. The van der Waals surface area contributed by atoms with Crippen molar-refractivity contribution in [3.63, 3.8) is 0 Å². The van der Waals surface area contributed by atoms with Crippen molar-refractivity contribution in [2.75, 3.05) is 25.6 Å². The quantitative estimate of drug-likeness (QED) is 0.800. The summed E-state index contributed by atoms with van der Waals surface area (Å²) >= 11 is 3.60. The monoisotopic (exact) mass is 315 g/mol. The standard InChI is InChI=1S/C13H22BrN3O/c1-4-6-10-12(14)13(15-8-5-2)17-11(16-10)7-9-18-3/h4-9H2,1-3H3,(H,15,16,17). The van der Waals surface area contributed by atoms with Crippen molar-refractivity contribution in [1.29, 1.82) is 0 Å². The normalized spacial score (nSPS) is 10.7. The zero-order valence-electron chi connectivity index (χ0n) is 11.4. The van der Waals surface area contributed by atoms with Crippen molar-refractivity contribution in [2.24, 2.45) is 0 Å². The highest BCUT2D eigenvalue weighted by Crippen LogP contribution is 2.24. The molecule has 1 aromatic heterocycles. The maximum Gasteiger partial charge on any atom is 0.144 e. The Hall–Kier alpha value is -0.680. The molecule has 0 unspecified atom stereocenters. The van der Waals surface area contributed by atoms with Crippen molar-refractivity contribution in [3.8, 4) is 0 Å². The fourth-order valence-electron chi connectivity index (χ4n) is 1.61. The number of aryl methyl sites for hydroxylation is 1. The van der Waals surface area contributed by atoms with Gasteiger partial charge in [0.05, 0.1) is 16.8 Å². The highest BCUT2D eigenvalue weighted by molar-refractivity contribution is 9.10. The lowest BCUT2D eigenvalue weighted by Gasteiger charge is -2.12. The van der Waals surface area contributed by atoms with Crippen molar-refractivity contribution in [1.82, 2.24) is 9.97 Å². The molecular weight excluding hydrogens is 294 g/mol. The number of nitrogens with one attached hydrogen (secondary N) is 1. The van der Waals surface area contributed by atoms with E-state index in [2.05, 4.69) is 45.1 Å². The van der Waals surface area contributed by atoms with Gasteiger partial charge in [-0.05, 0) is 28.8 Å². The van der Waals surface area contributed by atoms with Gasteiger partial charge >= 0.3 is 0 Å². The zero-order chi connectivity index (χ0) is 13.4. The number of ether oxygens (including phenoxy) is 1. The molecule has 0 aliphatic rings. The second-order valence-electron chi connectivity index (χ2n) is 4.17. The molecule has 0 amide bonds. The summed E-state index contributed by atoms with van der Waals surface area (Å²) in [6.07, 6.45) is 3.87. The molecule has 102 valence electrons. The minimum Gasteiger partial charge on any atom is -0.384 e. The largest absolute Gasteiger partial charge is 0.384 e. The fourth-order valence-corrected chi connectivity index (χ4v) is 2.13. The minimum atomic E-state index is 0.653. The Morgan fingerprint density at radius 1 is 1.17 bits per heavy atom. The van der Waals surface area contributed by atoms with Gasteiger partial charge in [0.25, 0.3) is 0 Å². The topological polar surface area (TPSA) is 47.0 Å². The average Bonchev–Trinajstić information content (AvgIpc) is 2.38. The summed E-state index contributed by atoms with van der Waals surface area (Å²) in [5, 5.41) is 3.34. The molecule has 0 saturated carbocycles. The lowest BCUT2D eigenvalue weighted by atomic mass is 10.2. The van der Waals surface area contributed by atoms with Crippen molar-refractivity contribution < 1.29 is 4.74 Å². The first-order valence-corrected chi connectivity index (χ1v) is 7.30. The first-order chi connectivity index (χ1) is 8.72. The van der Waals surface area contributed by atoms with Crippen LogP contribution in [0.5, 0.6) is 0 Å². The Balaban J connectivity index is 2.94. The van der Waals surface area contributed by atoms with Crippen LogP contribution in [0, 0.1) is 0 Å². The molecule has 0 atom stereocenters. The summed E-state index contributed by atoms with van der Waals surface area (Å²) in [6, 6.07) is 0. The molecule has 0 aliphatic heterocycles. The molecule has 0 aromatic carbocycles. The third kappa shape index (κ3) is 4.53. The van der Waals surface area contributed by atoms with Gasteiger partial charge in [0, 0.05) is 20.1 Å². The third-order valence-electron chi connectivity index (χ3n) is 2.53. The van der Waals surface area contributed by atoms with Crippen LogP contribution < -0.4 is 5.32 Å². The Bertz CT molecular complexity index is 371. The fraction of sp³-hybridized carbons (Fsp3) is 0.692. The summed E-state index contributed by atoms with van der Waals surface area (Å²) in [5.74, 6) is 1.75. The Morgan fingerprint density at radius 2 is 1.94 bits per heavy atom. The van der Waals surface area contributed by atoms with E-state index in [-0.39, 0.29) is 0 Å². The van der Waals surface area contributed by atoms with E-state index in [1.54, 1.807) is 7.11 Å². The first kappa shape index (κ1) is 15.4. The molecule has 0 fully saturated rings. The number of halogens is 1. The summed E-state index contributed by atoms with van der Waals surface area (Å²) in [4.78, 5) is 9.13. The number of aromatic nitrogens is 2. The Labute approximate surface area is 118 Å². The summed E-state index contributed by atoms with van der Waals surface area (Å²) in [7, 11) is 1.70. The lowest BCUT2D eigenvalue weighted by molar-refractivity contribution is 0.200. The van der Waals surface area contributed by atoms with E-state index in [4.69, 9.17) is 4.74 Å². The van der Waals surface area contributed by atoms with E-state index < -0.39 is 0 Å². The number of rotatable bonds is 8. The number of anilines is 1. The van der Waals surface area contributed by atoms with Gasteiger partial charge in [-0.1, -0.05) is 20.3 Å². The van der Waals surface area contributed by atoms with Gasteiger partial charge in [-0.25, -0.2) is 9.97 Å². The second-order valence-corrected chi connectivity index (χ2v) is 4.96. The molecule has 1 heterocycles. The maximum atomic E-state index is 5.08. The average molecular weight is 316 g/mol. The van der Waals surface area contributed by atoms with Gasteiger partial charge in [-0.3, -0.25) is 0 Å². The molecule has 18 heavy (non-hydrogen) atoms. The second kappa shape index (κ2) is 8.43.